The Morgan fingerprint density at radius 1 is 1.21 bits per heavy atom. The van der Waals surface area contributed by atoms with Crippen molar-refractivity contribution in [3.05, 3.63) is 53.0 Å². The van der Waals surface area contributed by atoms with E-state index in [9.17, 15) is 4.79 Å². The summed E-state index contributed by atoms with van der Waals surface area (Å²) in [5.74, 6) is -0.0347. The summed E-state index contributed by atoms with van der Waals surface area (Å²) in [5.41, 5.74) is 3.41. The third-order valence-corrected chi connectivity index (χ3v) is 3.33. The van der Waals surface area contributed by atoms with Crippen molar-refractivity contribution in [1.82, 2.24) is 9.97 Å². The molecule has 0 unspecified atom stereocenters. The van der Waals surface area contributed by atoms with Crippen molar-refractivity contribution in [2.45, 2.75) is 20.0 Å². The highest BCUT2D eigenvalue weighted by molar-refractivity contribution is 5.88. The van der Waals surface area contributed by atoms with Gasteiger partial charge >= 0.3 is 5.97 Å². The number of rotatable bonds is 2. The first-order valence-electron chi connectivity index (χ1n) is 6.03. The third kappa shape index (κ3) is 2.03. The molecule has 0 fully saturated rings. The van der Waals surface area contributed by atoms with Gasteiger partial charge in [-0.2, -0.15) is 0 Å². The summed E-state index contributed by atoms with van der Waals surface area (Å²) in [7, 11) is 0. The van der Waals surface area contributed by atoms with E-state index in [1.54, 1.807) is 24.5 Å². The van der Waals surface area contributed by atoms with E-state index in [-0.39, 0.29) is 0 Å². The van der Waals surface area contributed by atoms with E-state index in [0.717, 1.165) is 29.2 Å². The van der Waals surface area contributed by atoms with Crippen molar-refractivity contribution < 1.29 is 9.90 Å². The van der Waals surface area contributed by atoms with Crippen LogP contribution in [-0.2, 0) is 13.1 Å². The monoisotopic (exact) mass is 255 g/mol. The van der Waals surface area contributed by atoms with E-state index in [1.807, 2.05) is 13.0 Å². The number of aromatic nitrogens is 2. The van der Waals surface area contributed by atoms with Crippen molar-refractivity contribution in [2.24, 2.45) is 0 Å². The number of nitrogens with zero attached hydrogens (tertiary/aromatic N) is 3. The van der Waals surface area contributed by atoms with Crippen LogP contribution >= 0.6 is 0 Å². The fourth-order valence-electron chi connectivity index (χ4n) is 2.39. The van der Waals surface area contributed by atoms with E-state index in [1.165, 1.54) is 0 Å². The van der Waals surface area contributed by atoms with E-state index >= 15 is 0 Å². The van der Waals surface area contributed by atoms with Gasteiger partial charge in [-0.05, 0) is 30.2 Å². The van der Waals surface area contributed by atoms with E-state index < -0.39 is 5.97 Å². The lowest BCUT2D eigenvalue weighted by molar-refractivity contribution is 0.0697. The smallest absolute Gasteiger partial charge is 0.335 e. The molecule has 0 saturated heterocycles. The quantitative estimate of drug-likeness (QED) is 0.889. The highest BCUT2D eigenvalue weighted by Crippen LogP contribution is 2.28. The molecule has 0 aliphatic carbocycles. The summed E-state index contributed by atoms with van der Waals surface area (Å²) >= 11 is 0. The number of carbonyl (C=O) groups is 1. The number of hydrogen-bond acceptors (Lipinski definition) is 4. The second-order valence-electron chi connectivity index (χ2n) is 4.61. The minimum absolute atomic E-state index is 0.330. The molecule has 0 bridgehead atoms. The number of aromatic carboxylic acids is 1. The Hall–Kier alpha value is -2.43. The fourth-order valence-corrected chi connectivity index (χ4v) is 2.39. The summed E-state index contributed by atoms with van der Waals surface area (Å²) in [6.45, 7) is 3.35. The molecule has 19 heavy (non-hydrogen) atoms. The molecule has 2 heterocycles. The highest BCUT2D eigenvalue weighted by Gasteiger charge is 2.22. The molecule has 5 heteroatoms. The molecule has 2 aromatic rings. The van der Waals surface area contributed by atoms with E-state index in [0.29, 0.717) is 12.1 Å². The summed E-state index contributed by atoms with van der Waals surface area (Å²) in [4.78, 5) is 21.7. The Bertz CT molecular complexity index is 655. The standard InChI is InChI=1S/C14H13N3O2/c1-9-13(16-5-4-15-9)17-7-11-3-2-10(14(18)19)6-12(11)8-17/h2-6H,7-8H2,1H3,(H,18,19). The van der Waals surface area contributed by atoms with Gasteiger partial charge < -0.3 is 10.0 Å². The van der Waals surface area contributed by atoms with Gasteiger partial charge in [0.25, 0.3) is 0 Å². The molecule has 1 aromatic carbocycles. The lowest BCUT2D eigenvalue weighted by Crippen LogP contribution is -2.17. The van der Waals surface area contributed by atoms with Gasteiger partial charge in [-0.1, -0.05) is 6.07 Å². The number of carboxylic acid groups (broad SMARTS) is 1. The average molecular weight is 255 g/mol. The van der Waals surface area contributed by atoms with Crippen molar-refractivity contribution in [1.29, 1.82) is 0 Å². The summed E-state index contributed by atoms with van der Waals surface area (Å²) in [6.07, 6.45) is 3.35. The van der Waals surface area contributed by atoms with Crippen molar-refractivity contribution in [2.75, 3.05) is 4.90 Å². The molecular formula is C14H13N3O2. The number of hydrogen-bond donors (Lipinski definition) is 1. The Morgan fingerprint density at radius 2 is 1.95 bits per heavy atom. The van der Waals surface area contributed by atoms with Crippen LogP contribution in [0.3, 0.4) is 0 Å². The van der Waals surface area contributed by atoms with Gasteiger partial charge in [-0.25, -0.2) is 9.78 Å². The second-order valence-corrected chi connectivity index (χ2v) is 4.61. The molecule has 1 aliphatic rings. The van der Waals surface area contributed by atoms with Gasteiger partial charge in [-0.3, -0.25) is 4.98 Å². The Kier molecular flexibility index (Phi) is 2.67. The van der Waals surface area contributed by atoms with Crippen LogP contribution in [-0.4, -0.2) is 21.0 Å². The van der Waals surface area contributed by atoms with Gasteiger partial charge in [0.15, 0.2) is 5.82 Å². The van der Waals surface area contributed by atoms with Gasteiger partial charge in [0, 0.05) is 25.5 Å². The van der Waals surface area contributed by atoms with Crippen LogP contribution in [0.4, 0.5) is 5.82 Å². The average Bonchev–Trinajstić information content (AvgIpc) is 2.81. The Labute approximate surface area is 110 Å². The molecule has 1 aromatic heterocycles. The van der Waals surface area contributed by atoms with Gasteiger partial charge in [0.1, 0.15) is 0 Å². The lowest BCUT2D eigenvalue weighted by atomic mass is 10.1. The van der Waals surface area contributed by atoms with Crippen LogP contribution in [0.5, 0.6) is 0 Å². The first-order valence-corrected chi connectivity index (χ1v) is 6.03. The van der Waals surface area contributed by atoms with Crippen molar-refractivity contribution in [3.63, 3.8) is 0 Å². The number of anilines is 1. The Morgan fingerprint density at radius 3 is 2.68 bits per heavy atom. The van der Waals surface area contributed by atoms with Crippen LogP contribution in [0.25, 0.3) is 0 Å². The zero-order valence-electron chi connectivity index (χ0n) is 10.5. The zero-order valence-corrected chi connectivity index (χ0v) is 10.5. The van der Waals surface area contributed by atoms with Gasteiger partial charge in [0.05, 0.1) is 11.3 Å². The maximum absolute atomic E-state index is 11.0. The molecule has 1 aliphatic heterocycles. The van der Waals surface area contributed by atoms with Gasteiger partial charge in [0.2, 0.25) is 0 Å². The fraction of sp³-hybridized carbons (Fsp3) is 0.214. The molecule has 5 nitrogen and oxygen atoms in total. The largest absolute Gasteiger partial charge is 0.478 e. The van der Waals surface area contributed by atoms with E-state index in [4.69, 9.17) is 5.11 Å². The molecule has 3 rings (SSSR count). The van der Waals surface area contributed by atoms with Gasteiger partial charge in [-0.15, -0.1) is 0 Å². The number of aryl methyl sites for hydroxylation is 1. The van der Waals surface area contributed by atoms with Crippen LogP contribution in [0, 0.1) is 6.92 Å². The van der Waals surface area contributed by atoms with Crippen LogP contribution in [0.2, 0.25) is 0 Å². The molecule has 0 atom stereocenters. The molecule has 0 saturated carbocycles. The molecule has 96 valence electrons. The van der Waals surface area contributed by atoms with Crippen LogP contribution in [0.15, 0.2) is 30.6 Å². The maximum Gasteiger partial charge on any atom is 0.335 e. The minimum Gasteiger partial charge on any atom is -0.478 e. The number of carboxylic acids is 1. The normalized spacial score (nSPS) is 13.4. The van der Waals surface area contributed by atoms with Crippen LogP contribution < -0.4 is 4.90 Å². The molecular weight excluding hydrogens is 242 g/mol. The zero-order chi connectivity index (χ0) is 13.4. The first kappa shape index (κ1) is 11.6. The maximum atomic E-state index is 11.0. The van der Waals surface area contributed by atoms with E-state index in [2.05, 4.69) is 14.9 Å². The summed E-state index contributed by atoms with van der Waals surface area (Å²) in [6, 6.07) is 5.27. The Balaban J connectivity index is 1.92. The summed E-state index contributed by atoms with van der Waals surface area (Å²) < 4.78 is 0. The second kappa shape index (κ2) is 4.35. The van der Waals surface area contributed by atoms with Crippen molar-refractivity contribution >= 4 is 11.8 Å². The van der Waals surface area contributed by atoms with Crippen LogP contribution in [0.1, 0.15) is 27.2 Å². The third-order valence-electron chi connectivity index (χ3n) is 3.33. The summed E-state index contributed by atoms with van der Waals surface area (Å²) in [5, 5.41) is 9.01. The molecule has 0 radical (unpaired) electrons. The number of fused-ring (bicyclic) bond motifs is 1. The predicted molar refractivity (Wildman–Crippen MR) is 70.1 cm³/mol. The minimum atomic E-state index is -0.892. The molecule has 0 spiro atoms. The highest BCUT2D eigenvalue weighted by atomic mass is 16.4. The lowest BCUT2D eigenvalue weighted by Gasteiger charge is -2.17. The SMILES string of the molecule is Cc1nccnc1N1Cc2ccc(C(=O)O)cc2C1. The predicted octanol–water partition coefficient (Wildman–Crippen LogP) is 2.00. The van der Waals surface area contributed by atoms with Crippen molar-refractivity contribution in [3.8, 4) is 0 Å². The first-order chi connectivity index (χ1) is 9.15. The molecule has 0 amide bonds. The number of benzene rings is 1. The topological polar surface area (TPSA) is 66.3 Å². The molecule has 1 N–H and O–H groups in total.